The van der Waals surface area contributed by atoms with E-state index in [0.29, 0.717) is 25.9 Å². The fraction of sp³-hybridized carbons (Fsp3) is 0.833. The molecule has 18 heavy (non-hydrogen) atoms. The van der Waals surface area contributed by atoms with Crippen molar-refractivity contribution in [2.45, 2.75) is 19.3 Å². The third-order valence-corrected chi connectivity index (χ3v) is 3.17. The molecule has 0 aromatic rings. The van der Waals surface area contributed by atoms with Gasteiger partial charge in [0, 0.05) is 52.6 Å². The molecule has 2 amide bonds. The van der Waals surface area contributed by atoms with Gasteiger partial charge in [0.2, 0.25) is 11.8 Å². The number of rotatable bonds is 6. The number of nitrogens with two attached hydrogens (primary N) is 1. The van der Waals surface area contributed by atoms with Gasteiger partial charge < -0.3 is 20.9 Å². The number of carbonyl (C=O) groups excluding carboxylic acids is 2. The highest BCUT2D eigenvalue weighted by molar-refractivity contribution is 5.77. The molecule has 1 heterocycles. The second-order valence-corrected chi connectivity index (χ2v) is 4.65. The van der Waals surface area contributed by atoms with Crippen LogP contribution in [0.2, 0.25) is 0 Å². The van der Waals surface area contributed by atoms with Crippen molar-refractivity contribution in [3.05, 3.63) is 0 Å². The number of carbonyl (C=O) groups is 2. The van der Waals surface area contributed by atoms with Gasteiger partial charge in [-0.3, -0.25) is 9.59 Å². The highest BCUT2D eigenvalue weighted by Crippen LogP contribution is 2.00. The molecule has 104 valence electrons. The van der Waals surface area contributed by atoms with Crippen LogP contribution in [0.4, 0.5) is 0 Å². The van der Waals surface area contributed by atoms with E-state index >= 15 is 0 Å². The molecule has 0 radical (unpaired) electrons. The quantitative estimate of drug-likeness (QED) is 0.639. The van der Waals surface area contributed by atoms with Crippen LogP contribution in [0.3, 0.4) is 0 Å². The van der Waals surface area contributed by atoms with Gasteiger partial charge in [0.15, 0.2) is 0 Å². The first-order valence-corrected chi connectivity index (χ1v) is 6.56. The molecule has 0 aromatic carbocycles. The molecule has 1 aliphatic heterocycles. The second kappa shape index (κ2) is 8.05. The Morgan fingerprint density at radius 3 is 3.00 bits per heavy atom. The summed E-state index contributed by atoms with van der Waals surface area (Å²) in [5, 5.41) is 2.82. The topological polar surface area (TPSA) is 78.7 Å². The lowest BCUT2D eigenvalue weighted by Crippen LogP contribution is -2.34. The molecule has 1 fully saturated rings. The molecular formula is C12H24N4O2. The zero-order valence-corrected chi connectivity index (χ0v) is 11.2. The molecule has 0 aromatic heterocycles. The SMILES string of the molecule is CN(CCCN)C(=O)CCN1CCNC(=O)CC1. The minimum Gasteiger partial charge on any atom is -0.355 e. The van der Waals surface area contributed by atoms with Gasteiger partial charge in [0.25, 0.3) is 0 Å². The van der Waals surface area contributed by atoms with Crippen LogP contribution in [0.5, 0.6) is 0 Å². The van der Waals surface area contributed by atoms with Gasteiger partial charge in [-0.25, -0.2) is 0 Å². The third kappa shape index (κ3) is 5.46. The number of hydrogen-bond acceptors (Lipinski definition) is 4. The van der Waals surface area contributed by atoms with Crippen molar-refractivity contribution >= 4 is 11.8 Å². The van der Waals surface area contributed by atoms with E-state index in [-0.39, 0.29) is 11.8 Å². The summed E-state index contributed by atoms with van der Waals surface area (Å²) in [5.41, 5.74) is 5.41. The third-order valence-electron chi connectivity index (χ3n) is 3.17. The maximum absolute atomic E-state index is 11.8. The molecule has 0 unspecified atom stereocenters. The van der Waals surface area contributed by atoms with E-state index < -0.39 is 0 Å². The average Bonchev–Trinajstić information content (AvgIpc) is 2.57. The molecule has 0 spiro atoms. The highest BCUT2D eigenvalue weighted by Gasteiger charge is 2.15. The maximum atomic E-state index is 11.8. The predicted octanol–water partition coefficient (Wildman–Crippen LogP) is -0.994. The summed E-state index contributed by atoms with van der Waals surface area (Å²) in [6, 6.07) is 0. The van der Waals surface area contributed by atoms with Crippen LogP contribution in [0, 0.1) is 0 Å². The van der Waals surface area contributed by atoms with E-state index in [1.165, 1.54) is 0 Å². The Morgan fingerprint density at radius 1 is 1.50 bits per heavy atom. The van der Waals surface area contributed by atoms with Gasteiger partial charge in [-0.2, -0.15) is 0 Å². The Kier molecular flexibility index (Phi) is 6.67. The summed E-state index contributed by atoms with van der Waals surface area (Å²) >= 11 is 0. The summed E-state index contributed by atoms with van der Waals surface area (Å²) in [7, 11) is 1.81. The monoisotopic (exact) mass is 256 g/mol. The lowest BCUT2D eigenvalue weighted by atomic mass is 10.3. The summed E-state index contributed by atoms with van der Waals surface area (Å²) in [4.78, 5) is 26.9. The van der Waals surface area contributed by atoms with Crippen LogP contribution in [-0.4, -0.2) is 67.9 Å². The molecule has 1 saturated heterocycles. The van der Waals surface area contributed by atoms with Gasteiger partial charge in [-0.05, 0) is 13.0 Å². The van der Waals surface area contributed by atoms with Crippen molar-refractivity contribution in [1.29, 1.82) is 0 Å². The molecule has 0 saturated carbocycles. The number of amides is 2. The van der Waals surface area contributed by atoms with Gasteiger partial charge in [-0.1, -0.05) is 0 Å². The largest absolute Gasteiger partial charge is 0.355 e. The van der Waals surface area contributed by atoms with Crippen molar-refractivity contribution in [3.63, 3.8) is 0 Å². The zero-order chi connectivity index (χ0) is 13.4. The maximum Gasteiger partial charge on any atom is 0.223 e. The smallest absolute Gasteiger partial charge is 0.223 e. The van der Waals surface area contributed by atoms with E-state index in [0.717, 1.165) is 32.6 Å². The standard InChI is InChI=1S/C12H24N4O2/c1-15(7-2-5-13)12(18)4-9-16-8-3-11(17)14-6-10-16/h2-10,13H2,1H3,(H,14,17). The second-order valence-electron chi connectivity index (χ2n) is 4.65. The fourth-order valence-electron chi connectivity index (χ4n) is 1.93. The van der Waals surface area contributed by atoms with E-state index in [1.807, 2.05) is 7.05 Å². The van der Waals surface area contributed by atoms with Crippen LogP contribution in [0.1, 0.15) is 19.3 Å². The Hall–Kier alpha value is -1.14. The van der Waals surface area contributed by atoms with Crippen molar-refractivity contribution in [3.8, 4) is 0 Å². The molecule has 6 nitrogen and oxygen atoms in total. The molecule has 1 aliphatic rings. The van der Waals surface area contributed by atoms with Crippen molar-refractivity contribution in [2.75, 3.05) is 46.3 Å². The van der Waals surface area contributed by atoms with Crippen LogP contribution >= 0.6 is 0 Å². The average molecular weight is 256 g/mol. The molecule has 0 aliphatic carbocycles. The lowest BCUT2D eigenvalue weighted by molar-refractivity contribution is -0.130. The Labute approximate surface area is 108 Å². The van der Waals surface area contributed by atoms with Gasteiger partial charge in [0.05, 0.1) is 0 Å². The number of nitrogens with one attached hydrogen (secondary N) is 1. The Balaban J connectivity index is 2.22. The molecule has 3 N–H and O–H groups in total. The first-order valence-electron chi connectivity index (χ1n) is 6.56. The van der Waals surface area contributed by atoms with Crippen LogP contribution in [-0.2, 0) is 9.59 Å². The van der Waals surface area contributed by atoms with Crippen LogP contribution in [0.15, 0.2) is 0 Å². The summed E-state index contributed by atoms with van der Waals surface area (Å²) in [6.45, 7) is 4.29. The molecular weight excluding hydrogens is 232 g/mol. The van der Waals surface area contributed by atoms with Crippen molar-refractivity contribution in [2.24, 2.45) is 5.73 Å². The van der Waals surface area contributed by atoms with Crippen molar-refractivity contribution < 1.29 is 9.59 Å². The highest BCUT2D eigenvalue weighted by atomic mass is 16.2. The van der Waals surface area contributed by atoms with E-state index in [2.05, 4.69) is 10.2 Å². The minimum absolute atomic E-state index is 0.101. The summed E-state index contributed by atoms with van der Waals surface area (Å²) in [6.07, 6.45) is 1.87. The van der Waals surface area contributed by atoms with Crippen LogP contribution < -0.4 is 11.1 Å². The molecule has 0 bridgehead atoms. The zero-order valence-electron chi connectivity index (χ0n) is 11.2. The number of hydrogen-bond donors (Lipinski definition) is 2. The van der Waals surface area contributed by atoms with E-state index in [9.17, 15) is 9.59 Å². The molecule has 6 heteroatoms. The first kappa shape index (κ1) is 14.9. The lowest BCUT2D eigenvalue weighted by Gasteiger charge is -2.21. The van der Waals surface area contributed by atoms with E-state index in [1.54, 1.807) is 4.90 Å². The Morgan fingerprint density at radius 2 is 2.28 bits per heavy atom. The van der Waals surface area contributed by atoms with Crippen molar-refractivity contribution in [1.82, 2.24) is 15.1 Å². The molecule has 1 rings (SSSR count). The fourth-order valence-corrected chi connectivity index (χ4v) is 1.93. The molecule has 0 atom stereocenters. The van der Waals surface area contributed by atoms with Gasteiger partial charge in [-0.15, -0.1) is 0 Å². The van der Waals surface area contributed by atoms with Crippen LogP contribution in [0.25, 0.3) is 0 Å². The van der Waals surface area contributed by atoms with E-state index in [4.69, 9.17) is 5.73 Å². The summed E-state index contributed by atoms with van der Waals surface area (Å²) < 4.78 is 0. The number of nitrogens with zero attached hydrogens (tertiary/aromatic N) is 2. The minimum atomic E-state index is 0.101. The summed E-state index contributed by atoms with van der Waals surface area (Å²) in [5.74, 6) is 0.246. The van der Waals surface area contributed by atoms with Gasteiger partial charge in [0.1, 0.15) is 0 Å². The Bertz CT molecular complexity index is 283. The normalized spacial score (nSPS) is 17.1. The van der Waals surface area contributed by atoms with Gasteiger partial charge >= 0.3 is 0 Å². The predicted molar refractivity (Wildman–Crippen MR) is 70.0 cm³/mol. The first-order chi connectivity index (χ1) is 8.63.